The maximum absolute atomic E-state index is 12.9. The van der Waals surface area contributed by atoms with Crippen molar-refractivity contribution in [3.8, 4) is 0 Å². The predicted octanol–water partition coefficient (Wildman–Crippen LogP) is 6.33. The number of nitrogens with two attached hydrogens (primary N) is 1. The minimum absolute atomic E-state index is 0.155. The van der Waals surface area contributed by atoms with Gasteiger partial charge in [0, 0.05) is 30.4 Å². The van der Waals surface area contributed by atoms with Crippen LogP contribution in [-0.4, -0.2) is 24.9 Å². The number of fused-ring (bicyclic) bond motifs is 2. The van der Waals surface area contributed by atoms with Gasteiger partial charge in [0.2, 0.25) is 5.91 Å². The molecule has 2 amide bonds. The minimum atomic E-state index is -0.245. The third-order valence-corrected chi connectivity index (χ3v) is 6.48. The number of para-hydroxylation sites is 2. The Morgan fingerprint density at radius 2 is 1.34 bits per heavy atom. The Labute approximate surface area is 242 Å². The molecule has 1 aliphatic rings. The van der Waals surface area contributed by atoms with Gasteiger partial charge in [-0.05, 0) is 72.9 Å². The molecule has 0 heterocycles. The molecule has 5 N–H and O–H groups in total. The molecule has 0 atom stereocenters. The topological polar surface area (TPSA) is 96.2 Å². The lowest BCUT2D eigenvalue weighted by Crippen LogP contribution is -2.30. The van der Waals surface area contributed by atoms with E-state index in [9.17, 15) is 9.59 Å². The highest BCUT2D eigenvalue weighted by molar-refractivity contribution is 6.07. The van der Waals surface area contributed by atoms with Gasteiger partial charge in [0.15, 0.2) is 0 Å². The summed E-state index contributed by atoms with van der Waals surface area (Å²) in [4.78, 5) is 25.8. The standard InChI is InChI=1S/C35H36N4O2/c1-24(2)22-28(35(41)39-33-15-9-8-14-32(33)36)17-16-25(3)37-20-21-38-34(40)23-31-29-12-6-4-10-26(29)18-19-27-11-5-7-13-30(27)31/h4-19,22-23,37H,20-21,36H2,1-3H3,(H,38,40)(H,39,41)/b25-16+,28-17+. The summed E-state index contributed by atoms with van der Waals surface area (Å²) >= 11 is 0. The zero-order chi connectivity index (χ0) is 29.2. The van der Waals surface area contributed by atoms with Crippen LogP contribution in [0.2, 0.25) is 0 Å². The molecule has 3 aromatic carbocycles. The second-order valence-corrected chi connectivity index (χ2v) is 10.0. The molecule has 0 saturated heterocycles. The number of rotatable bonds is 9. The largest absolute Gasteiger partial charge is 0.397 e. The van der Waals surface area contributed by atoms with Crippen LogP contribution in [0.15, 0.2) is 114 Å². The van der Waals surface area contributed by atoms with Crippen molar-refractivity contribution in [3.63, 3.8) is 0 Å². The zero-order valence-electron chi connectivity index (χ0n) is 23.7. The fourth-order valence-corrected chi connectivity index (χ4v) is 4.46. The van der Waals surface area contributed by atoms with Gasteiger partial charge in [0.25, 0.3) is 5.91 Å². The summed E-state index contributed by atoms with van der Waals surface area (Å²) in [6.45, 7) is 6.76. The lowest BCUT2D eigenvalue weighted by atomic mass is 9.93. The fraction of sp³-hybridized carbons (Fsp3) is 0.143. The molecule has 0 radical (unpaired) electrons. The van der Waals surface area contributed by atoms with Crippen molar-refractivity contribution in [3.05, 3.63) is 136 Å². The van der Waals surface area contributed by atoms with Crippen LogP contribution in [0.5, 0.6) is 0 Å². The average Bonchev–Trinajstić information content (AvgIpc) is 3.11. The highest BCUT2D eigenvalue weighted by atomic mass is 16.2. The lowest BCUT2D eigenvalue weighted by Gasteiger charge is -2.12. The van der Waals surface area contributed by atoms with Gasteiger partial charge >= 0.3 is 0 Å². The van der Waals surface area contributed by atoms with Gasteiger partial charge in [-0.2, -0.15) is 0 Å². The third-order valence-electron chi connectivity index (χ3n) is 6.48. The molecule has 0 spiro atoms. The van der Waals surface area contributed by atoms with Crippen LogP contribution in [0.3, 0.4) is 0 Å². The Balaban J connectivity index is 1.38. The number of benzene rings is 3. The van der Waals surface area contributed by atoms with Crippen molar-refractivity contribution in [2.75, 3.05) is 24.1 Å². The Kier molecular flexibility index (Phi) is 9.73. The zero-order valence-corrected chi connectivity index (χ0v) is 23.7. The number of amides is 2. The molecule has 0 bridgehead atoms. The third kappa shape index (κ3) is 7.96. The molecule has 4 rings (SSSR count). The molecule has 6 heteroatoms. The second-order valence-electron chi connectivity index (χ2n) is 10.0. The number of hydrogen-bond donors (Lipinski definition) is 4. The van der Waals surface area contributed by atoms with E-state index in [1.807, 2.05) is 81.5 Å². The molecule has 0 fully saturated rings. The highest BCUT2D eigenvalue weighted by Gasteiger charge is 2.15. The van der Waals surface area contributed by atoms with Gasteiger partial charge in [0.1, 0.15) is 0 Å². The molecule has 0 aromatic heterocycles. The number of allylic oxidation sites excluding steroid dienone is 4. The first-order valence-electron chi connectivity index (χ1n) is 13.6. The van der Waals surface area contributed by atoms with E-state index in [0.29, 0.717) is 30.0 Å². The normalized spacial score (nSPS) is 12.4. The summed E-state index contributed by atoms with van der Waals surface area (Å²) in [5.74, 6) is -0.400. The Bertz CT molecular complexity index is 1540. The van der Waals surface area contributed by atoms with Crippen LogP contribution >= 0.6 is 0 Å². The summed E-state index contributed by atoms with van der Waals surface area (Å²) < 4.78 is 0. The molecule has 6 nitrogen and oxygen atoms in total. The second kappa shape index (κ2) is 13.8. The summed E-state index contributed by atoms with van der Waals surface area (Å²) in [5, 5.41) is 9.14. The highest BCUT2D eigenvalue weighted by Crippen LogP contribution is 2.33. The Morgan fingerprint density at radius 3 is 1.98 bits per heavy atom. The predicted molar refractivity (Wildman–Crippen MR) is 171 cm³/mol. The van der Waals surface area contributed by atoms with E-state index in [4.69, 9.17) is 5.73 Å². The SMILES string of the molecule is CC(C)=C/C(=C\C=C(/C)NCCNC(=O)C=C1c2ccccc2C=Cc2ccccc21)C(=O)Nc1ccccc1N. The van der Waals surface area contributed by atoms with E-state index in [0.717, 1.165) is 39.1 Å². The van der Waals surface area contributed by atoms with Crippen molar-refractivity contribution < 1.29 is 9.59 Å². The van der Waals surface area contributed by atoms with Crippen LogP contribution in [0.1, 0.15) is 43.0 Å². The van der Waals surface area contributed by atoms with Crippen LogP contribution in [0.4, 0.5) is 11.4 Å². The smallest absolute Gasteiger partial charge is 0.255 e. The number of nitrogen functional groups attached to an aromatic ring is 1. The van der Waals surface area contributed by atoms with Crippen molar-refractivity contribution in [2.24, 2.45) is 0 Å². The van der Waals surface area contributed by atoms with E-state index < -0.39 is 0 Å². The van der Waals surface area contributed by atoms with Gasteiger partial charge in [0.05, 0.1) is 11.4 Å². The summed E-state index contributed by atoms with van der Waals surface area (Å²) in [7, 11) is 0. The van der Waals surface area contributed by atoms with Crippen molar-refractivity contribution in [1.29, 1.82) is 0 Å². The van der Waals surface area contributed by atoms with E-state index in [2.05, 4.69) is 40.2 Å². The first kappa shape index (κ1) is 28.9. The van der Waals surface area contributed by atoms with Gasteiger partial charge in [-0.15, -0.1) is 0 Å². The first-order valence-corrected chi connectivity index (χ1v) is 13.6. The quantitative estimate of drug-likeness (QED) is 0.0858. The maximum Gasteiger partial charge on any atom is 0.255 e. The van der Waals surface area contributed by atoms with Crippen molar-refractivity contribution in [1.82, 2.24) is 10.6 Å². The number of nitrogens with one attached hydrogen (secondary N) is 3. The molecule has 0 unspecified atom stereocenters. The van der Waals surface area contributed by atoms with Crippen LogP contribution in [0.25, 0.3) is 17.7 Å². The molecular weight excluding hydrogens is 508 g/mol. The van der Waals surface area contributed by atoms with Crippen LogP contribution < -0.4 is 21.7 Å². The van der Waals surface area contributed by atoms with Crippen LogP contribution in [0, 0.1) is 0 Å². The van der Waals surface area contributed by atoms with E-state index in [1.165, 1.54) is 0 Å². The minimum Gasteiger partial charge on any atom is -0.397 e. The fourth-order valence-electron chi connectivity index (χ4n) is 4.46. The molecule has 41 heavy (non-hydrogen) atoms. The van der Waals surface area contributed by atoms with Gasteiger partial charge in [-0.25, -0.2) is 0 Å². The monoisotopic (exact) mass is 544 g/mol. The lowest BCUT2D eigenvalue weighted by molar-refractivity contribution is -0.116. The average molecular weight is 545 g/mol. The van der Waals surface area contributed by atoms with Crippen LogP contribution in [-0.2, 0) is 9.59 Å². The first-order chi connectivity index (χ1) is 19.8. The molecule has 0 aliphatic heterocycles. The van der Waals surface area contributed by atoms with E-state index in [1.54, 1.807) is 24.3 Å². The summed E-state index contributed by atoms with van der Waals surface area (Å²) in [6, 6.07) is 23.3. The number of anilines is 2. The van der Waals surface area contributed by atoms with E-state index >= 15 is 0 Å². The van der Waals surface area contributed by atoms with Gasteiger partial charge in [-0.3, -0.25) is 9.59 Å². The Hall–Kier alpha value is -5.10. The molecule has 208 valence electrons. The maximum atomic E-state index is 12.9. The van der Waals surface area contributed by atoms with E-state index in [-0.39, 0.29) is 11.8 Å². The number of hydrogen-bond acceptors (Lipinski definition) is 4. The summed E-state index contributed by atoms with van der Waals surface area (Å²) in [6.07, 6.45) is 11.3. The van der Waals surface area contributed by atoms with Crippen molar-refractivity contribution >= 4 is 40.9 Å². The number of carbonyl (C=O) groups excluding carboxylic acids is 2. The molecule has 0 saturated carbocycles. The molecule has 3 aromatic rings. The number of carbonyl (C=O) groups is 2. The van der Waals surface area contributed by atoms with Crippen molar-refractivity contribution in [2.45, 2.75) is 20.8 Å². The Morgan fingerprint density at radius 1 is 0.756 bits per heavy atom. The summed E-state index contributed by atoms with van der Waals surface area (Å²) in [5.41, 5.74) is 14.5. The molecular formula is C35H36N4O2. The van der Waals surface area contributed by atoms with Gasteiger partial charge < -0.3 is 21.7 Å². The molecule has 1 aliphatic carbocycles. The van der Waals surface area contributed by atoms with Gasteiger partial charge in [-0.1, -0.05) is 84.5 Å².